The van der Waals surface area contributed by atoms with Crippen molar-refractivity contribution in [2.45, 2.75) is 90.3 Å². The second kappa shape index (κ2) is 19.2. The average molecular weight is 511 g/mol. The number of esters is 1. The molecule has 0 heterocycles. The van der Waals surface area contributed by atoms with Crippen molar-refractivity contribution in [3.63, 3.8) is 0 Å². The third-order valence-corrected chi connectivity index (χ3v) is 6.08. The number of benzene rings is 2. The highest BCUT2D eigenvalue weighted by Crippen LogP contribution is 2.21. The molecule has 0 spiro atoms. The molecule has 0 unspecified atom stereocenters. The SMILES string of the molecule is CCOC(=O)/C=C/O[C@H](CCC=O)[C@@H](CCCC[C@H](CC)OCc1ccccc1)OCc1ccccc1. The van der Waals surface area contributed by atoms with Gasteiger partial charge in [0.15, 0.2) is 0 Å². The fourth-order valence-electron chi connectivity index (χ4n) is 4.03. The van der Waals surface area contributed by atoms with Gasteiger partial charge in [-0.1, -0.05) is 80.4 Å². The van der Waals surface area contributed by atoms with Crippen molar-refractivity contribution >= 4 is 12.3 Å². The first-order valence-electron chi connectivity index (χ1n) is 13.4. The van der Waals surface area contributed by atoms with Gasteiger partial charge in [0.05, 0.1) is 44.4 Å². The smallest absolute Gasteiger partial charge is 0.333 e. The summed E-state index contributed by atoms with van der Waals surface area (Å²) in [4.78, 5) is 22.8. The summed E-state index contributed by atoms with van der Waals surface area (Å²) in [6.45, 7) is 5.28. The van der Waals surface area contributed by atoms with Crippen molar-refractivity contribution in [1.82, 2.24) is 0 Å². The van der Waals surface area contributed by atoms with Crippen LogP contribution < -0.4 is 0 Å². The second-order valence-corrected chi connectivity index (χ2v) is 8.92. The summed E-state index contributed by atoms with van der Waals surface area (Å²) in [6.07, 6.45) is 8.65. The molecule has 0 bridgehead atoms. The van der Waals surface area contributed by atoms with E-state index in [2.05, 4.69) is 19.1 Å². The number of hydrogen-bond acceptors (Lipinski definition) is 6. The van der Waals surface area contributed by atoms with Crippen molar-refractivity contribution in [2.75, 3.05) is 6.61 Å². The van der Waals surface area contributed by atoms with Gasteiger partial charge >= 0.3 is 5.97 Å². The molecule has 37 heavy (non-hydrogen) atoms. The first-order valence-corrected chi connectivity index (χ1v) is 13.4. The third-order valence-electron chi connectivity index (χ3n) is 6.08. The van der Waals surface area contributed by atoms with Gasteiger partial charge in [-0.05, 0) is 43.7 Å². The van der Waals surface area contributed by atoms with Crippen LogP contribution in [0.2, 0.25) is 0 Å². The van der Waals surface area contributed by atoms with E-state index in [0.717, 1.165) is 44.0 Å². The summed E-state index contributed by atoms with van der Waals surface area (Å²) in [5, 5.41) is 0. The molecule has 0 N–H and O–H groups in total. The fraction of sp³-hybridized carbons (Fsp3) is 0.484. The van der Waals surface area contributed by atoms with Crippen LogP contribution in [-0.2, 0) is 41.8 Å². The number of ether oxygens (including phenoxy) is 4. The van der Waals surface area contributed by atoms with Crippen LogP contribution >= 0.6 is 0 Å². The Morgan fingerprint density at radius 3 is 2.03 bits per heavy atom. The van der Waals surface area contributed by atoms with E-state index in [1.165, 1.54) is 17.9 Å². The minimum atomic E-state index is -0.459. The molecule has 0 aliphatic rings. The van der Waals surface area contributed by atoms with Crippen molar-refractivity contribution in [3.8, 4) is 0 Å². The van der Waals surface area contributed by atoms with E-state index >= 15 is 0 Å². The molecule has 0 fully saturated rings. The zero-order valence-electron chi connectivity index (χ0n) is 22.3. The molecule has 2 aromatic rings. The summed E-state index contributed by atoms with van der Waals surface area (Å²) in [6, 6.07) is 20.2. The largest absolute Gasteiger partial charge is 0.495 e. The quantitative estimate of drug-likeness (QED) is 0.0660. The maximum Gasteiger partial charge on any atom is 0.333 e. The Kier molecular flexibility index (Phi) is 15.7. The lowest BCUT2D eigenvalue weighted by molar-refractivity contribution is -0.137. The first kappa shape index (κ1) is 30.3. The Balaban J connectivity index is 1.94. The van der Waals surface area contributed by atoms with Crippen LogP contribution in [0.15, 0.2) is 73.0 Å². The number of carbonyl (C=O) groups excluding carboxylic acids is 2. The maximum absolute atomic E-state index is 11.7. The Hall–Kier alpha value is -2.96. The molecule has 2 aromatic carbocycles. The Morgan fingerprint density at radius 2 is 1.43 bits per heavy atom. The molecule has 0 aliphatic heterocycles. The third kappa shape index (κ3) is 13.2. The lowest BCUT2D eigenvalue weighted by atomic mass is 10.0. The minimum Gasteiger partial charge on any atom is -0.495 e. The van der Waals surface area contributed by atoms with Gasteiger partial charge in [0.1, 0.15) is 12.4 Å². The lowest BCUT2D eigenvalue weighted by Gasteiger charge is -2.27. The zero-order valence-corrected chi connectivity index (χ0v) is 22.3. The highest BCUT2D eigenvalue weighted by atomic mass is 16.5. The number of carbonyl (C=O) groups is 2. The molecule has 6 heteroatoms. The summed E-state index contributed by atoms with van der Waals surface area (Å²) in [5.41, 5.74) is 2.26. The van der Waals surface area contributed by atoms with Crippen LogP contribution in [0.1, 0.15) is 69.9 Å². The van der Waals surface area contributed by atoms with Crippen molar-refractivity contribution < 1.29 is 28.5 Å². The topological polar surface area (TPSA) is 71.1 Å². The van der Waals surface area contributed by atoms with Crippen LogP contribution in [0.25, 0.3) is 0 Å². The molecule has 0 amide bonds. The average Bonchev–Trinajstić information content (AvgIpc) is 2.93. The van der Waals surface area contributed by atoms with E-state index in [1.807, 2.05) is 48.5 Å². The lowest BCUT2D eigenvalue weighted by Crippen LogP contribution is -2.31. The van der Waals surface area contributed by atoms with Crippen LogP contribution in [0.5, 0.6) is 0 Å². The molecular formula is C31H42O6. The molecular weight excluding hydrogens is 468 g/mol. The number of hydrogen-bond donors (Lipinski definition) is 0. The van der Waals surface area contributed by atoms with E-state index < -0.39 is 5.97 Å². The Labute approximate surface area is 222 Å². The van der Waals surface area contributed by atoms with E-state index in [9.17, 15) is 9.59 Å². The standard InChI is InChI=1S/C31H42O6/c1-3-28(36-24-26-14-7-5-8-15-26)18-11-12-19-30(37-25-27-16-9-6-10-17-27)29(20-13-22-32)35-23-21-31(33)34-4-2/h5-10,14-17,21-23,28-30H,3-4,11-13,18-20,24-25H2,1-2H3/b23-21+/t28-,29+,30+/m0/s1. The van der Waals surface area contributed by atoms with Crippen LogP contribution in [0, 0.1) is 0 Å². The normalized spacial score (nSPS) is 13.7. The van der Waals surface area contributed by atoms with Crippen molar-refractivity contribution in [1.29, 1.82) is 0 Å². The zero-order chi connectivity index (χ0) is 26.6. The predicted octanol–water partition coefficient (Wildman–Crippen LogP) is 6.57. The molecule has 0 saturated carbocycles. The number of unbranched alkanes of at least 4 members (excludes halogenated alkanes) is 1. The van der Waals surface area contributed by atoms with Gasteiger partial charge < -0.3 is 23.7 Å². The minimum absolute atomic E-state index is 0.207. The van der Waals surface area contributed by atoms with Gasteiger partial charge in [0.25, 0.3) is 0 Å². The summed E-state index contributed by atoms with van der Waals surface area (Å²) < 4.78 is 23.3. The van der Waals surface area contributed by atoms with E-state index in [1.54, 1.807) is 6.92 Å². The molecule has 0 aromatic heterocycles. The van der Waals surface area contributed by atoms with Crippen molar-refractivity contribution in [3.05, 3.63) is 84.1 Å². The van der Waals surface area contributed by atoms with Crippen LogP contribution in [0.3, 0.4) is 0 Å². The van der Waals surface area contributed by atoms with E-state index in [4.69, 9.17) is 18.9 Å². The summed E-state index contributed by atoms with van der Waals surface area (Å²) in [5.74, 6) is -0.459. The Morgan fingerprint density at radius 1 is 0.811 bits per heavy atom. The van der Waals surface area contributed by atoms with Gasteiger partial charge in [0, 0.05) is 6.42 Å². The molecule has 0 saturated heterocycles. The second-order valence-electron chi connectivity index (χ2n) is 8.92. The molecule has 0 radical (unpaired) electrons. The number of aldehydes is 1. The fourth-order valence-corrected chi connectivity index (χ4v) is 4.03. The molecule has 2 rings (SSSR count). The van der Waals surface area contributed by atoms with Gasteiger partial charge in [0.2, 0.25) is 0 Å². The van der Waals surface area contributed by atoms with E-state index in [-0.39, 0.29) is 18.3 Å². The van der Waals surface area contributed by atoms with Gasteiger partial charge in [-0.25, -0.2) is 4.79 Å². The highest BCUT2D eigenvalue weighted by molar-refractivity contribution is 5.81. The molecule has 3 atom stereocenters. The van der Waals surface area contributed by atoms with Crippen molar-refractivity contribution in [2.24, 2.45) is 0 Å². The van der Waals surface area contributed by atoms with Gasteiger partial charge in [-0.3, -0.25) is 0 Å². The summed E-state index contributed by atoms with van der Waals surface area (Å²) >= 11 is 0. The maximum atomic E-state index is 11.7. The predicted molar refractivity (Wildman–Crippen MR) is 145 cm³/mol. The van der Waals surface area contributed by atoms with Gasteiger partial charge in [-0.15, -0.1) is 0 Å². The van der Waals surface area contributed by atoms with Crippen LogP contribution in [-0.4, -0.2) is 37.2 Å². The molecule has 6 nitrogen and oxygen atoms in total. The Bertz CT molecular complexity index is 883. The summed E-state index contributed by atoms with van der Waals surface area (Å²) in [7, 11) is 0. The monoisotopic (exact) mass is 510 g/mol. The number of rotatable bonds is 20. The first-order chi connectivity index (χ1) is 18.2. The molecule has 202 valence electrons. The van der Waals surface area contributed by atoms with E-state index in [0.29, 0.717) is 32.7 Å². The van der Waals surface area contributed by atoms with Crippen LogP contribution in [0.4, 0.5) is 0 Å². The highest BCUT2D eigenvalue weighted by Gasteiger charge is 2.23. The molecule has 0 aliphatic carbocycles. The van der Waals surface area contributed by atoms with Gasteiger partial charge in [-0.2, -0.15) is 0 Å².